The summed E-state index contributed by atoms with van der Waals surface area (Å²) in [6.07, 6.45) is -0.0803. The summed E-state index contributed by atoms with van der Waals surface area (Å²) in [7, 11) is -3.73. The Bertz CT molecular complexity index is 645. The average Bonchev–Trinajstić information content (AvgIpc) is 2.55. The molecule has 0 saturated carbocycles. The fraction of sp³-hybridized carbons (Fsp3) is 0.294. The van der Waals surface area contributed by atoms with E-state index < -0.39 is 33.1 Å². The average molecular weight is 368 g/mol. The number of esters is 2. The van der Waals surface area contributed by atoms with Crippen LogP contribution in [-0.2, 0) is 38.8 Å². The van der Waals surface area contributed by atoms with Crippen LogP contribution in [0.2, 0.25) is 0 Å². The fourth-order valence-electron chi connectivity index (χ4n) is 1.50. The van der Waals surface area contributed by atoms with E-state index >= 15 is 0 Å². The van der Waals surface area contributed by atoms with Crippen LogP contribution < -0.4 is 0 Å². The predicted molar refractivity (Wildman–Crippen MR) is 91.5 cm³/mol. The molecule has 1 aromatic carbocycles. The lowest BCUT2D eigenvalue weighted by Gasteiger charge is -2.18. The Balaban J connectivity index is 2.69. The van der Waals surface area contributed by atoms with E-state index in [1.807, 2.05) is 0 Å². The molecular formula is C17H21O7P. The van der Waals surface area contributed by atoms with Crippen molar-refractivity contribution >= 4 is 19.5 Å². The summed E-state index contributed by atoms with van der Waals surface area (Å²) < 4.78 is 32.6. The molecular weight excluding hydrogens is 347 g/mol. The highest BCUT2D eigenvalue weighted by Gasteiger charge is 2.27. The highest BCUT2D eigenvalue weighted by Crippen LogP contribution is 2.51. The third kappa shape index (κ3) is 7.94. The highest BCUT2D eigenvalue weighted by molar-refractivity contribution is 7.53. The zero-order chi connectivity index (χ0) is 18.9. The first kappa shape index (κ1) is 20.8. The van der Waals surface area contributed by atoms with Crippen LogP contribution >= 0.6 is 7.60 Å². The standard InChI is InChI=1S/C17H21O7P/c1-13(2)16(18)21-11-23-25(20,10-15-8-6-5-7-9-15)24-12-22-17(19)14(3)4/h5-9H,1,3,10-12H2,2,4H3. The van der Waals surface area contributed by atoms with Gasteiger partial charge in [0.15, 0.2) is 0 Å². The van der Waals surface area contributed by atoms with Crippen molar-refractivity contribution in [2.75, 3.05) is 13.6 Å². The lowest BCUT2D eigenvalue weighted by atomic mass is 10.2. The van der Waals surface area contributed by atoms with Crippen molar-refractivity contribution in [3.63, 3.8) is 0 Å². The van der Waals surface area contributed by atoms with Crippen LogP contribution in [0.15, 0.2) is 54.6 Å². The number of ether oxygens (including phenoxy) is 2. The Morgan fingerprint density at radius 2 is 1.36 bits per heavy atom. The van der Waals surface area contributed by atoms with E-state index in [0.29, 0.717) is 5.56 Å². The summed E-state index contributed by atoms with van der Waals surface area (Å²) in [4.78, 5) is 22.7. The molecule has 136 valence electrons. The molecule has 8 heteroatoms. The van der Waals surface area contributed by atoms with E-state index in [2.05, 4.69) is 13.2 Å². The van der Waals surface area contributed by atoms with Crippen molar-refractivity contribution in [1.29, 1.82) is 0 Å². The number of rotatable bonds is 10. The van der Waals surface area contributed by atoms with E-state index in [4.69, 9.17) is 18.5 Å². The van der Waals surface area contributed by atoms with Gasteiger partial charge in [-0.3, -0.25) is 13.6 Å². The molecule has 0 radical (unpaired) electrons. The van der Waals surface area contributed by atoms with Crippen molar-refractivity contribution in [2.45, 2.75) is 20.0 Å². The molecule has 0 fully saturated rings. The topological polar surface area (TPSA) is 88.1 Å². The number of hydrogen-bond acceptors (Lipinski definition) is 7. The first-order valence-corrected chi connectivity index (χ1v) is 9.03. The van der Waals surface area contributed by atoms with Gasteiger partial charge in [0, 0.05) is 11.1 Å². The Morgan fingerprint density at radius 3 is 1.76 bits per heavy atom. The van der Waals surface area contributed by atoms with Crippen LogP contribution in [0.1, 0.15) is 19.4 Å². The van der Waals surface area contributed by atoms with Gasteiger partial charge < -0.3 is 9.47 Å². The van der Waals surface area contributed by atoms with Crippen LogP contribution in [-0.4, -0.2) is 25.5 Å². The van der Waals surface area contributed by atoms with E-state index in [-0.39, 0.29) is 17.3 Å². The second kappa shape index (κ2) is 9.93. The Hall–Kier alpha value is -2.21. The molecule has 1 aromatic rings. The van der Waals surface area contributed by atoms with E-state index in [1.54, 1.807) is 30.3 Å². The first-order valence-electron chi connectivity index (χ1n) is 7.31. The molecule has 7 nitrogen and oxygen atoms in total. The maximum absolute atomic E-state index is 12.8. The molecule has 25 heavy (non-hydrogen) atoms. The first-order chi connectivity index (χ1) is 11.7. The Morgan fingerprint density at radius 1 is 0.920 bits per heavy atom. The minimum atomic E-state index is -3.73. The maximum Gasteiger partial charge on any atom is 0.340 e. The number of carbonyl (C=O) groups excluding carboxylic acids is 2. The second-order valence-corrected chi connectivity index (χ2v) is 7.23. The van der Waals surface area contributed by atoms with Gasteiger partial charge in [0.2, 0.25) is 13.6 Å². The number of carbonyl (C=O) groups is 2. The van der Waals surface area contributed by atoms with Gasteiger partial charge in [0.05, 0.1) is 6.16 Å². The van der Waals surface area contributed by atoms with Gasteiger partial charge in [0.1, 0.15) is 0 Å². The second-order valence-electron chi connectivity index (χ2n) is 5.17. The molecule has 0 N–H and O–H groups in total. The maximum atomic E-state index is 12.8. The minimum Gasteiger partial charge on any atom is -0.435 e. The van der Waals surface area contributed by atoms with Crippen LogP contribution in [0.5, 0.6) is 0 Å². The predicted octanol–water partition coefficient (Wildman–Crippen LogP) is 3.57. The smallest absolute Gasteiger partial charge is 0.340 e. The molecule has 0 unspecified atom stereocenters. The largest absolute Gasteiger partial charge is 0.435 e. The summed E-state index contributed by atoms with van der Waals surface area (Å²) in [6.45, 7) is 8.64. The fourth-order valence-corrected chi connectivity index (χ4v) is 2.84. The third-order valence-electron chi connectivity index (χ3n) is 2.79. The van der Waals surface area contributed by atoms with Crippen molar-refractivity contribution in [2.24, 2.45) is 0 Å². The van der Waals surface area contributed by atoms with Crippen molar-refractivity contribution in [3.05, 3.63) is 60.2 Å². The van der Waals surface area contributed by atoms with Gasteiger partial charge in [-0.05, 0) is 19.4 Å². The summed E-state index contributed by atoms with van der Waals surface area (Å²) in [6, 6.07) is 8.81. The van der Waals surface area contributed by atoms with Crippen LogP contribution in [0.3, 0.4) is 0 Å². The van der Waals surface area contributed by atoms with E-state index in [9.17, 15) is 14.2 Å². The van der Waals surface area contributed by atoms with Gasteiger partial charge in [0.25, 0.3) is 0 Å². The van der Waals surface area contributed by atoms with Gasteiger partial charge in [-0.25, -0.2) is 9.59 Å². The number of benzene rings is 1. The van der Waals surface area contributed by atoms with E-state index in [1.165, 1.54) is 13.8 Å². The van der Waals surface area contributed by atoms with Crippen molar-refractivity contribution in [1.82, 2.24) is 0 Å². The molecule has 0 amide bonds. The monoisotopic (exact) mass is 368 g/mol. The Labute approximate surface area is 146 Å². The molecule has 0 aliphatic heterocycles. The van der Waals surface area contributed by atoms with Crippen molar-refractivity contribution < 1.29 is 32.7 Å². The highest BCUT2D eigenvalue weighted by atomic mass is 31.2. The normalized spacial score (nSPS) is 10.8. The zero-order valence-corrected chi connectivity index (χ0v) is 15.1. The SMILES string of the molecule is C=C(C)C(=O)OCOP(=O)(Cc1ccccc1)OCOC(=O)C(=C)C. The van der Waals surface area contributed by atoms with Crippen LogP contribution in [0.4, 0.5) is 0 Å². The summed E-state index contributed by atoms with van der Waals surface area (Å²) in [5.74, 6) is -1.36. The van der Waals surface area contributed by atoms with Crippen LogP contribution in [0, 0.1) is 0 Å². The molecule has 0 aromatic heterocycles. The lowest BCUT2D eigenvalue weighted by Crippen LogP contribution is -2.12. The molecule has 0 bridgehead atoms. The molecule has 0 heterocycles. The molecule has 0 aliphatic rings. The molecule has 0 atom stereocenters. The van der Waals surface area contributed by atoms with Gasteiger partial charge in [-0.2, -0.15) is 0 Å². The molecule has 0 aliphatic carbocycles. The third-order valence-corrected chi connectivity index (χ3v) is 4.54. The lowest BCUT2D eigenvalue weighted by molar-refractivity contribution is -0.147. The summed E-state index contributed by atoms with van der Waals surface area (Å²) in [5.41, 5.74) is 1.04. The van der Waals surface area contributed by atoms with Gasteiger partial charge in [-0.15, -0.1) is 0 Å². The zero-order valence-electron chi connectivity index (χ0n) is 14.2. The van der Waals surface area contributed by atoms with Crippen molar-refractivity contribution in [3.8, 4) is 0 Å². The molecule has 0 saturated heterocycles. The number of hydrogen-bond donors (Lipinski definition) is 0. The summed E-state index contributed by atoms with van der Waals surface area (Å²) >= 11 is 0. The summed E-state index contributed by atoms with van der Waals surface area (Å²) in [5, 5.41) is 0. The van der Waals surface area contributed by atoms with E-state index in [0.717, 1.165) is 0 Å². The molecule has 1 rings (SSSR count). The van der Waals surface area contributed by atoms with Gasteiger partial charge >= 0.3 is 19.5 Å². The van der Waals surface area contributed by atoms with Gasteiger partial charge in [-0.1, -0.05) is 43.5 Å². The minimum absolute atomic E-state index is 0.0803. The quantitative estimate of drug-likeness (QED) is 0.270. The Kier molecular flexibility index (Phi) is 8.28. The molecule has 0 spiro atoms. The van der Waals surface area contributed by atoms with Crippen LogP contribution in [0.25, 0.3) is 0 Å².